The minimum absolute atomic E-state index is 0.423. The second-order valence-corrected chi connectivity index (χ2v) is 8.27. The van der Waals surface area contributed by atoms with Gasteiger partial charge in [0.15, 0.2) is 0 Å². The molecule has 2 fully saturated rings. The Hall–Kier alpha value is -0.380. The van der Waals surface area contributed by atoms with Crippen LogP contribution in [0.15, 0.2) is 6.07 Å². The number of piperazine rings is 1. The lowest BCUT2D eigenvalue weighted by molar-refractivity contribution is 0.0580. The molecule has 1 aromatic rings. The summed E-state index contributed by atoms with van der Waals surface area (Å²) in [5.41, 5.74) is 1.88. The first-order valence-electron chi connectivity index (χ1n) is 8.13. The fraction of sp³-hybridized carbons (Fsp3) is 0.765. The Kier molecular flexibility index (Phi) is 4.21. The number of hydrogen-bond donors (Lipinski definition) is 1. The van der Waals surface area contributed by atoms with Crippen molar-refractivity contribution in [3.05, 3.63) is 21.4 Å². The molecule has 0 aromatic carbocycles. The van der Waals surface area contributed by atoms with E-state index in [1.807, 2.05) is 11.3 Å². The number of aryl methyl sites for hydroxylation is 2. The molecule has 0 radical (unpaired) electrons. The quantitative estimate of drug-likeness (QED) is 0.890. The maximum atomic E-state index is 3.88. The highest BCUT2D eigenvalue weighted by Crippen LogP contribution is 2.33. The standard InChI is InChI=1S/C17H28N2S/c1-13-9-16(20-15(13)3)11-19-12-17(18-10-14(19)2)7-5-4-6-8-17/h9,14,18H,4-8,10-12H2,1-3H3. The summed E-state index contributed by atoms with van der Waals surface area (Å²) in [7, 11) is 0. The topological polar surface area (TPSA) is 15.3 Å². The molecule has 1 saturated carbocycles. The van der Waals surface area contributed by atoms with Crippen LogP contribution in [0.1, 0.15) is 54.3 Å². The van der Waals surface area contributed by atoms with Crippen LogP contribution in [0.4, 0.5) is 0 Å². The monoisotopic (exact) mass is 292 g/mol. The maximum absolute atomic E-state index is 3.88. The molecule has 0 bridgehead atoms. The lowest BCUT2D eigenvalue weighted by Crippen LogP contribution is -2.63. The Labute approximate surface area is 127 Å². The van der Waals surface area contributed by atoms with Gasteiger partial charge < -0.3 is 5.32 Å². The van der Waals surface area contributed by atoms with Gasteiger partial charge in [-0.25, -0.2) is 0 Å². The summed E-state index contributed by atoms with van der Waals surface area (Å²) in [5, 5.41) is 3.88. The summed E-state index contributed by atoms with van der Waals surface area (Å²) in [6, 6.07) is 3.05. The zero-order valence-electron chi connectivity index (χ0n) is 13.2. The van der Waals surface area contributed by atoms with Gasteiger partial charge in [-0.3, -0.25) is 4.90 Å². The summed E-state index contributed by atoms with van der Waals surface area (Å²) < 4.78 is 0. The van der Waals surface area contributed by atoms with Crippen molar-refractivity contribution in [1.29, 1.82) is 0 Å². The summed E-state index contributed by atoms with van der Waals surface area (Å²) in [5.74, 6) is 0. The minimum atomic E-state index is 0.423. The molecule has 3 heteroatoms. The maximum Gasteiger partial charge on any atom is 0.0332 e. The first kappa shape index (κ1) is 14.6. The number of nitrogens with zero attached hydrogens (tertiary/aromatic N) is 1. The second kappa shape index (κ2) is 5.78. The average molecular weight is 292 g/mol. The zero-order chi connectivity index (χ0) is 14.2. The molecular formula is C17H28N2S. The second-order valence-electron chi connectivity index (χ2n) is 6.93. The molecule has 0 amide bonds. The molecule has 1 N–H and O–H groups in total. The molecule has 3 rings (SSSR count). The van der Waals surface area contributed by atoms with E-state index in [1.165, 1.54) is 49.1 Å². The fourth-order valence-corrected chi connectivity index (χ4v) is 4.88. The van der Waals surface area contributed by atoms with Crippen LogP contribution >= 0.6 is 11.3 Å². The summed E-state index contributed by atoms with van der Waals surface area (Å²) in [4.78, 5) is 5.74. The van der Waals surface area contributed by atoms with E-state index in [9.17, 15) is 0 Å². The Bertz CT molecular complexity index is 440. The van der Waals surface area contributed by atoms with E-state index >= 15 is 0 Å². The van der Waals surface area contributed by atoms with Gasteiger partial charge in [0.1, 0.15) is 0 Å². The minimum Gasteiger partial charge on any atom is -0.308 e. The SMILES string of the molecule is Cc1cc(CN2CC3(CCCCC3)NCC2C)sc1C. The van der Waals surface area contributed by atoms with Gasteiger partial charge in [-0.1, -0.05) is 19.3 Å². The van der Waals surface area contributed by atoms with E-state index in [4.69, 9.17) is 0 Å². The molecular weight excluding hydrogens is 264 g/mol. The number of nitrogens with one attached hydrogen (secondary N) is 1. The van der Waals surface area contributed by atoms with Gasteiger partial charge in [0.05, 0.1) is 0 Å². The molecule has 2 heterocycles. The van der Waals surface area contributed by atoms with Crippen LogP contribution in [0.2, 0.25) is 0 Å². The molecule has 1 unspecified atom stereocenters. The fourth-order valence-electron chi connectivity index (χ4n) is 3.80. The van der Waals surface area contributed by atoms with Gasteiger partial charge in [0, 0.05) is 41.0 Å². The number of thiophene rings is 1. The van der Waals surface area contributed by atoms with Gasteiger partial charge >= 0.3 is 0 Å². The van der Waals surface area contributed by atoms with Crippen LogP contribution in [-0.4, -0.2) is 29.6 Å². The zero-order valence-corrected chi connectivity index (χ0v) is 14.0. The Balaban J connectivity index is 1.70. The van der Waals surface area contributed by atoms with Gasteiger partial charge in [-0.2, -0.15) is 0 Å². The predicted molar refractivity (Wildman–Crippen MR) is 87.5 cm³/mol. The Morgan fingerprint density at radius 3 is 2.70 bits per heavy atom. The van der Waals surface area contributed by atoms with Crippen molar-refractivity contribution in [2.75, 3.05) is 13.1 Å². The molecule has 1 saturated heterocycles. The molecule has 112 valence electrons. The van der Waals surface area contributed by atoms with E-state index in [0.717, 1.165) is 13.1 Å². The highest BCUT2D eigenvalue weighted by molar-refractivity contribution is 7.12. The van der Waals surface area contributed by atoms with E-state index in [2.05, 4.69) is 37.1 Å². The Morgan fingerprint density at radius 2 is 2.05 bits per heavy atom. The molecule has 2 aliphatic rings. The molecule has 2 nitrogen and oxygen atoms in total. The highest BCUT2D eigenvalue weighted by atomic mass is 32.1. The van der Waals surface area contributed by atoms with E-state index in [0.29, 0.717) is 11.6 Å². The molecule has 1 spiro atoms. The van der Waals surface area contributed by atoms with Crippen molar-refractivity contribution in [3.63, 3.8) is 0 Å². The molecule has 1 aliphatic heterocycles. The van der Waals surface area contributed by atoms with Crippen LogP contribution in [-0.2, 0) is 6.54 Å². The van der Waals surface area contributed by atoms with Crippen LogP contribution in [0.3, 0.4) is 0 Å². The lowest BCUT2D eigenvalue weighted by Gasteiger charge is -2.49. The number of hydrogen-bond acceptors (Lipinski definition) is 3. The summed E-state index contributed by atoms with van der Waals surface area (Å²) in [6.07, 6.45) is 7.00. The van der Waals surface area contributed by atoms with Gasteiger partial charge in [-0.15, -0.1) is 11.3 Å². The van der Waals surface area contributed by atoms with Crippen molar-refractivity contribution < 1.29 is 0 Å². The van der Waals surface area contributed by atoms with Crippen LogP contribution in [0, 0.1) is 13.8 Å². The molecule has 1 aromatic heterocycles. The third kappa shape index (κ3) is 2.95. The van der Waals surface area contributed by atoms with Gasteiger partial charge in [0.25, 0.3) is 0 Å². The van der Waals surface area contributed by atoms with Crippen molar-refractivity contribution in [2.45, 2.75) is 71.0 Å². The van der Waals surface area contributed by atoms with E-state index < -0.39 is 0 Å². The number of rotatable bonds is 2. The van der Waals surface area contributed by atoms with Crippen molar-refractivity contribution in [2.24, 2.45) is 0 Å². The lowest BCUT2D eigenvalue weighted by atomic mass is 9.79. The smallest absolute Gasteiger partial charge is 0.0332 e. The van der Waals surface area contributed by atoms with Gasteiger partial charge in [0.2, 0.25) is 0 Å². The van der Waals surface area contributed by atoms with Crippen LogP contribution in [0.25, 0.3) is 0 Å². The molecule has 1 atom stereocenters. The average Bonchev–Trinajstić information content (AvgIpc) is 2.74. The first-order chi connectivity index (χ1) is 9.58. The normalized spacial score (nSPS) is 27.1. The van der Waals surface area contributed by atoms with Crippen molar-refractivity contribution in [3.8, 4) is 0 Å². The van der Waals surface area contributed by atoms with E-state index in [-0.39, 0.29) is 0 Å². The Morgan fingerprint density at radius 1 is 1.30 bits per heavy atom. The summed E-state index contributed by atoms with van der Waals surface area (Å²) in [6.45, 7) is 10.4. The first-order valence-corrected chi connectivity index (χ1v) is 8.95. The van der Waals surface area contributed by atoms with Gasteiger partial charge in [-0.05, 0) is 45.2 Å². The van der Waals surface area contributed by atoms with Crippen molar-refractivity contribution in [1.82, 2.24) is 10.2 Å². The summed E-state index contributed by atoms with van der Waals surface area (Å²) >= 11 is 1.98. The molecule has 1 aliphatic carbocycles. The largest absolute Gasteiger partial charge is 0.308 e. The third-order valence-corrected chi connectivity index (χ3v) is 6.43. The third-order valence-electron chi connectivity index (χ3n) is 5.29. The van der Waals surface area contributed by atoms with Crippen molar-refractivity contribution >= 4 is 11.3 Å². The molecule has 20 heavy (non-hydrogen) atoms. The van der Waals surface area contributed by atoms with E-state index in [1.54, 1.807) is 4.88 Å². The van der Waals surface area contributed by atoms with Crippen LogP contribution < -0.4 is 5.32 Å². The van der Waals surface area contributed by atoms with Crippen LogP contribution in [0.5, 0.6) is 0 Å². The predicted octanol–water partition coefficient (Wildman–Crippen LogP) is 3.86. The highest BCUT2D eigenvalue weighted by Gasteiger charge is 2.38.